The Hall–Kier alpha value is -3.09. The van der Waals surface area contributed by atoms with Gasteiger partial charge in [-0.2, -0.15) is 0 Å². The van der Waals surface area contributed by atoms with Gasteiger partial charge in [-0.3, -0.25) is 4.79 Å². The van der Waals surface area contributed by atoms with Gasteiger partial charge in [0, 0.05) is 18.3 Å². The topological polar surface area (TPSA) is 92.0 Å². The van der Waals surface area contributed by atoms with Crippen LogP contribution in [0.2, 0.25) is 0 Å². The molecule has 7 nitrogen and oxygen atoms in total. The van der Waals surface area contributed by atoms with E-state index in [1.807, 2.05) is 30.3 Å². The lowest BCUT2D eigenvalue weighted by Crippen LogP contribution is -2.20. The summed E-state index contributed by atoms with van der Waals surface area (Å²) in [5.74, 6) is 1.96. The number of rotatable bonds is 7. The molecular formula is C17H18N2O5. The number of hydrogen-bond acceptors (Lipinski definition) is 6. The van der Waals surface area contributed by atoms with E-state index in [-0.39, 0.29) is 13.4 Å². The van der Waals surface area contributed by atoms with Crippen molar-refractivity contribution in [3.05, 3.63) is 42.0 Å². The van der Waals surface area contributed by atoms with Crippen LogP contribution < -0.4 is 30.0 Å². The molecule has 0 bridgehead atoms. The Morgan fingerprint density at radius 1 is 1.17 bits per heavy atom. The van der Waals surface area contributed by atoms with Gasteiger partial charge in [-0.1, -0.05) is 6.07 Å². The Kier molecular flexibility index (Phi) is 4.60. The van der Waals surface area contributed by atoms with Crippen LogP contribution in [0.4, 0.5) is 5.69 Å². The van der Waals surface area contributed by atoms with Gasteiger partial charge in [-0.05, 0) is 29.8 Å². The van der Waals surface area contributed by atoms with Crippen molar-refractivity contribution in [2.75, 3.05) is 25.8 Å². The van der Waals surface area contributed by atoms with Crippen LogP contribution >= 0.6 is 0 Å². The average molecular weight is 330 g/mol. The molecule has 1 aliphatic rings. The molecule has 0 radical (unpaired) electrons. The molecule has 3 N–H and O–H groups in total. The fraction of sp³-hybridized carbons (Fsp3) is 0.235. The van der Waals surface area contributed by atoms with Crippen LogP contribution in [-0.4, -0.2) is 26.4 Å². The van der Waals surface area contributed by atoms with Gasteiger partial charge in [-0.15, -0.1) is 0 Å². The smallest absolute Gasteiger partial charge is 0.255 e. The molecule has 1 amide bonds. The number of ether oxygens (including phenoxy) is 4. The van der Waals surface area contributed by atoms with Gasteiger partial charge in [0.25, 0.3) is 5.91 Å². The maximum atomic E-state index is 10.8. The first-order valence-corrected chi connectivity index (χ1v) is 7.37. The summed E-state index contributed by atoms with van der Waals surface area (Å²) in [5, 5.41) is 3.31. The summed E-state index contributed by atoms with van der Waals surface area (Å²) in [6.07, 6.45) is 0. The molecule has 0 unspecified atom stereocenters. The first kappa shape index (κ1) is 15.8. The molecule has 1 heterocycles. The number of hydrogen-bond donors (Lipinski definition) is 2. The molecule has 0 aromatic heterocycles. The Bertz CT molecular complexity index is 748. The maximum Gasteiger partial charge on any atom is 0.255 e. The first-order chi connectivity index (χ1) is 11.7. The van der Waals surface area contributed by atoms with Crippen LogP contribution in [0.15, 0.2) is 36.4 Å². The number of nitrogens with one attached hydrogen (secondary N) is 1. The average Bonchev–Trinajstić information content (AvgIpc) is 3.06. The largest absolute Gasteiger partial charge is 0.493 e. The van der Waals surface area contributed by atoms with Gasteiger partial charge in [-0.25, -0.2) is 0 Å². The van der Waals surface area contributed by atoms with E-state index in [1.165, 1.54) is 0 Å². The second-order valence-corrected chi connectivity index (χ2v) is 5.16. The zero-order chi connectivity index (χ0) is 16.9. The SMILES string of the molecule is COc1cc(CNc2ccc3c(c2)OCO3)ccc1OCC(N)=O. The second kappa shape index (κ2) is 6.99. The molecule has 2 aromatic rings. The minimum atomic E-state index is -0.536. The quantitative estimate of drug-likeness (QED) is 0.805. The summed E-state index contributed by atoms with van der Waals surface area (Å²) in [5.41, 5.74) is 7.00. The van der Waals surface area contributed by atoms with E-state index in [2.05, 4.69) is 5.32 Å². The van der Waals surface area contributed by atoms with E-state index < -0.39 is 5.91 Å². The Morgan fingerprint density at radius 3 is 2.79 bits per heavy atom. The lowest BCUT2D eigenvalue weighted by atomic mass is 10.2. The fourth-order valence-electron chi connectivity index (χ4n) is 2.30. The van der Waals surface area contributed by atoms with E-state index in [9.17, 15) is 4.79 Å². The molecule has 0 atom stereocenters. The van der Waals surface area contributed by atoms with Crippen molar-refractivity contribution in [2.24, 2.45) is 5.73 Å². The summed E-state index contributed by atoms with van der Waals surface area (Å²) in [6, 6.07) is 11.2. The molecule has 0 saturated heterocycles. The number of fused-ring (bicyclic) bond motifs is 1. The van der Waals surface area contributed by atoms with Crippen LogP contribution in [0.5, 0.6) is 23.0 Å². The van der Waals surface area contributed by atoms with Gasteiger partial charge in [0.15, 0.2) is 29.6 Å². The van der Waals surface area contributed by atoms with Crippen molar-refractivity contribution in [2.45, 2.75) is 6.54 Å². The number of primary amides is 1. The zero-order valence-corrected chi connectivity index (χ0v) is 13.2. The number of benzene rings is 2. The van der Waals surface area contributed by atoms with Crippen LogP contribution in [0.3, 0.4) is 0 Å². The maximum absolute atomic E-state index is 10.8. The molecular weight excluding hydrogens is 312 g/mol. The van der Waals surface area contributed by atoms with Crippen molar-refractivity contribution < 1.29 is 23.7 Å². The van der Waals surface area contributed by atoms with Crippen molar-refractivity contribution in [1.29, 1.82) is 0 Å². The highest BCUT2D eigenvalue weighted by Gasteiger charge is 2.13. The third kappa shape index (κ3) is 3.62. The third-order valence-corrected chi connectivity index (χ3v) is 3.47. The van der Waals surface area contributed by atoms with Gasteiger partial charge in [0.05, 0.1) is 7.11 Å². The van der Waals surface area contributed by atoms with E-state index in [4.69, 9.17) is 24.7 Å². The van der Waals surface area contributed by atoms with E-state index >= 15 is 0 Å². The van der Waals surface area contributed by atoms with Crippen LogP contribution in [0.1, 0.15) is 5.56 Å². The predicted octanol–water partition coefficient (Wildman–Crippen LogP) is 1.90. The van der Waals surface area contributed by atoms with E-state index in [0.29, 0.717) is 18.0 Å². The van der Waals surface area contributed by atoms with Gasteiger partial charge in [0.2, 0.25) is 6.79 Å². The molecule has 0 aliphatic carbocycles. The lowest BCUT2D eigenvalue weighted by Gasteiger charge is -2.12. The summed E-state index contributed by atoms with van der Waals surface area (Å²) < 4.78 is 21.2. The van der Waals surface area contributed by atoms with Crippen LogP contribution in [0, 0.1) is 0 Å². The van der Waals surface area contributed by atoms with E-state index in [1.54, 1.807) is 13.2 Å². The third-order valence-electron chi connectivity index (χ3n) is 3.47. The minimum absolute atomic E-state index is 0.189. The molecule has 2 aromatic carbocycles. The Morgan fingerprint density at radius 2 is 2.00 bits per heavy atom. The van der Waals surface area contributed by atoms with Gasteiger partial charge in [0.1, 0.15) is 0 Å². The summed E-state index contributed by atoms with van der Waals surface area (Å²) >= 11 is 0. The van der Waals surface area contributed by atoms with Crippen LogP contribution in [0.25, 0.3) is 0 Å². The van der Waals surface area contributed by atoms with Crippen molar-refractivity contribution in [3.8, 4) is 23.0 Å². The molecule has 0 saturated carbocycles. The Balaban J connectivity index is 1.65. The summed E-state index contributed by atoms with van der Waals surface area (Å²) in [7, 11) is 1.54. The number of amides is 1. The van der Waals surface area contributed by atoms with Crippen molar-refractivity contribution in [1.82, 2.24) is 0 Å². The fourth-order valence-corrected chi connectivity index (χ4v) is 2.30. The minimum Gasteiger partial charge on any atom is -0.493 e. The van der Waals surface area contributed by atoms with Crippen molar-refractivity contribution in [3.63, 3.8) is 0 Å². The van der Waals surface area contributed by atoms with Gasteiger partial charge < -0.3 is 30.0 Å². The molecule has 0 spiro atoms. The highest BCUT2D eigenvalue weighted by atomic mass is 16.7. The predicted molar refractivity (Wildman–Crippen MR) is 87.6 cm³/mol. The zero-order valence-electron chi connectivity index (χ0n) is 13.2. The number of methoxy groups -OCH3 is 1. The molecule has 126 valence electrons. The summed E-state index contributed by atoms with van der Waals surface area (Å²) in [4.78, 5) is 10.8. The highest BCUT2D eigenvalue weighted by molar-refractivity contribution is 5.75. The number of nitrogens with two attached hydrogens (primary N) is 1. The highest BCUT2D eigenvalue weighted by Crippen LogP contribution is 2.34. The Labute approximate surface area is 139 Å². The number of carbonyl (C=O) groups excluding carboxylic acids is 1. The number of anilines is 1. The number of carbonyl (C=O) groups is 1. The lowest BCUT2D eigenvalue weighted by molar-refractivity contribution is -0.119. The molecule has 7 heteroatoms. The molecule has 1 aliphatic heterocycles. The molecule has 24 heavy (non-hydrogen) atoms. The first-order valence-electron chi connectivity index (χ1n) is 7.37. The van der Waals surface area contributed by atoms with Crippen LogP contribution in [-0.2, 0) is 11.3 Å². The molecule has 3 rings (SSSR count). The van der Waals surface area contributed by atoms with Gasteiger partial charge >= 0.3 is 0 Å². The second-order valence-electron chi connectivity index (χ2n) is 5.16. The monoisotopic (exact) mass is 330 g/mol. The van der Waals surface area contributed by atoms with Crippen molar-refractivity contribution >= 4 is 11.6 Å². The summed E-state index contributed by atoms with van der Waals surface area (Å²) in [6.45, 7) is 0.653. The van der Waals surface area contributed by atoms with E-state index in [0.717, 1.165) is 22.7 Å². The standard InChI is InChI=1S/C17H18N2O5/c1-21-15-6-11(2-4-13(15)22-9-17(18)20)8-19-12-3-5-14-16(7-12)24-10-23-14/h2-7,19H,8-10H2,1H3,(H2,18,20). The normalized spacial score (nSPS) is 11.9. The molecule has 0 fully saturated rings.